The molecule has 0 heterocycles. The summed E-state index contributed by atoms with van der Waals surface area (Å²) in [5, 5.41) is 27.5. The molecule has 0 bridgehead atoms. The van der Waals surface area contributed by atoms with Crippen molar-refractivity contribution in [3.63, 3.8) is 0 Å². The van der Waals surface area contributed by atoms with Gasteiger partial charge in [0.2, 0.25) is 0 Å². The van der Waals surface area contributed by atoms with Crippen LogP contribution in [-0.2, 0) is 30.2 Å². The van der Waals surface area contributed by atoms with Gasteiger partial charge >= 0.3 is 71.2 Å². The van der Waals surface area contributed by atoms with Crippen LogP contribution in [0.2, 0.25) is 8.87 Å². The third kappa shape index (κ3) is 26.4. The molecular formula is C41H67NO7SSn. The number of hydrogen-bond acceptors (Lipinski definition) is 8. The predicted octanol–water partition coefficient (Wildman–Crippen LogP) is 8.02. The number of hydrogen-bond donors (Lipinski definition) is 3. The number of aliphatic hydroxyl groups is 3. The van der Waals surface area contributed by atoms with Crippen molar-refractivity contribution in [2.45, 2.75) is 119 Å². The van der Waals surface area contributed by atoms with Gasteiger partial charge in [-0.1, -0.05) is 99.1 Å². The molecular weight excluding hydrogens is 769 g/mol. The van der Waals surface area contributed by atoms with E-state index in [1.807, 2.05) is 67.6 Å². The Morgan fingerprint density at radius 1 is 0.686 bits per heavy atom. The van der Waals surface area contributed by atoms with Crippen LogP contribution in [0.25, 0.3) is 0 Å². The Morgan fingerprint density at radius 2 is 1.12 bits per heavy atom. The monoisotopic (exact) mass is 837 g/mol. The third-order valence-electron chi connectivity index (χ3n) is 8.11. The molecule has 0 amide bonds. The zero-order chi connectivity index (χ0) is 38.3. The van der Waals surface area contributed by atoms with E-state index in [1.165, 1.54) is 63.0 Å². The summed E-state index contributed by atoms with van der Waals surface area (Å²) < 4.78 is 42.3. The van der Waals surface area contributed by atoms with Crippen molar-refractivity contribution in [2.75, 3.05) is 32.8 Å². The maximum atomic E-state index is 12.0. The molecule has 3 rings (SSSR count). The Kier molecular flexibility index (Phi) is 30.3. The Balaban J connectivity index is 0.000000728. The molecule has 0 aliphatic rings. The molecule has 0 unspecified atom stereocenters. The largest absolute Gasteiger partial charge is 0.394 e. The van der Waals surface area contributed by atoms with Crippen molar-refractivity contribution in [1.82, 2.24) is 4.90 Å². The number of aryl methyl sites for hydroxylation is 3. The fourth-order valence-corrected chi connectivity index (χ4v) is 10.5. The van der Waals surface area contributed by atoms with E-state index in [0.29, 0.717) is 19.3 Å². The minimum Gasteiger partial charge on any atom is -0.394 e. The summed E-state index contributed by atoms with van der Waals surface area (Å²) in [5.74, 6) is 0. The summed E-state index contributed by atoms with van der Waals surface area (Å²) in [7, 11) is -3.82. The fourth-order valence-electron chi connectivity index (χ4n) is 4.62. The summed E-state index contributed by atoms with van der Waals surface area (Å²) in [5.41, 5.74) is 3.27. The number of aliphatic hydroxyl groups excluding tert-OH is 3. The van der Waals surface area contributed by atoms with Crippen LogP contribution in [0.5, 0.6) is 0 Å². The van der Waals surface area contributed by atoms with E-state index in [2.05, 4.69) is 39.5 Å². The molecule has 8 nitrogen and oxygen atoms in total. The van der Waals surface area contributed by atoms with Gasteiger partial charge < -0.3 is 20.2 Å². The van der Waals surface area contributed by atoms with Crippen LogP contribution in [0.3, 0.4) is 0 Å². The average Bonchev–Trinajstić information content (AvgIpc) is 3.16. The maximum Gasteiger partial charge on any atom is 0.297 e. The second kappa shape index (κ2) is 31.5. The van der Waals surface area contributed by atoms with Crippen molar-refractivity contribution in [3.05, 3.63) is 102 Å². The molecule has 0 radical (unpaired) electrons. The molecule has 3 N–H and O–H groups in total. The quantitative estimate of drug-likeness (QED) is 0.0773. The number of nitrogens with zero attached hydrogens (tertiary/aromatic N) is 1. The van der Waals surface area contributed by atoms with Crippen LogP contribution in [0, 0.1) is 6.92 Å². The molecule has 3 aromatic rings. The fraction of sp³-hybridized carbons (Fsp3) is 0.561. The number of rotatable bonds is 20. The first-order valence-corrected chi connectivity index (χ1v) is 25.3. The van der Waals surface area contributed by atoms with Crippen LogP contribution in [0.1, 0.15) is 89.8 Å². The van der Waals surface area contributed by atoms with Crippen LogP contribution in [0.15, 0.2) is 89.8 Å². The second-order valence-electron chi connectivity index (χ2n) is 12.5. The summed E-state index contributed by atoms with van der Waals surface area (Å²) in [4.78, 5) is 2.48. The van der Waals surface area contributed by atoms with Crippen LogP contribution in [0.4, 0.5) is 0 Å². The molecule has 2 atom stereocenters. The first-order valence-electron chi connectivity index (χ1n) is 18.7. The number of benzene rings is 3. The first kappa shape index (κ1) is 49.0. The molecule has 288 valence electrons. The van der Waals surface area contributed by atoms with Gasteiger partial charge in [0.15, 0.2) is 0 Å². The SMILES string of the molecule is CCC[CH2][Sn](=[O])[CH2]CCC.CCN(CC)CC.Cc1ccc(S(=O)(=O)OC[C@@H](O)CCc2ccccc2)cc1.OC[C@@H](O)CCc1ccccc1. The van der Waals surface area contributed by atoms with Gasteiger partial charge in [-0.25, -0.2) is 0 Å². The molecule has 0 saturated heterocycles. The molecule has 0 spiro atoms. The molecule has 0 aliphatic carbocycles. The van der Waals surface area contributed by atoms with Crippen molar-refractivity contribution in [3.8, 4) is 0 Å². The van der Waals surface area contributed by atoms with Crippen LogP contribution < -0.4 is 0 Å². The first-order chi connectivity index (χ1) is 24.5. The molecule has 0 aliphatic heterocycles. The summed E-state index contributed by atoms with van der Waals surface area (Å²) >= 11 is -1.99. The minimum atomic E-state index is -3.82. The molecule has 51 heavy (non-hydrogen) atoms. The predicted molar refractivity (Wildman–Crippen MR) is 212 cm³/mol. The van der Waals surface area contributed by atoms with E-state index in [4.69, 9.17) is 14.4 Å². The van der Waals surface area contributed by atoms with Gasteiger partial charge in [0.05, 0.1) is 30.3 Å². The Hall–Kier alpha value is -1.99. The van der Waals surface area contributed by atoms with E-state index in [-0.39, 0.29) is 18.1 Å². The maximum absolute atomic E-state index is 12.0. The average molecular weight is 837 g/mol. The van der Waals surface area contributed by atoms with Crippen molar-refractivity contribution < 1.29 is 31.0 Å². The smallest absolute Gasteiger partial charge is 0.297 e. The zero-order valence-corrected chi connectivity index (χ0v) is 35.8. The van der Waals surface area contributed by atoms with Crippen LogP contribution >= 0.6 is 0 Å². The van der Waals surface area contributed by atoms with Crippen molar-refractivity contribution in [1.29, 1.82) is 0 Å². The Morgan fingerprint density at radius 3 is 1.49 bits per heavy atom. The minimum absolute atomic E-state index is 0.105. The molecule has 3 aromatic carbocycles. The summed E-state index contributed by atoms with van der Waals surface area (Å²) in [6.07, 6.45) is 5.98. The van der Waals surface area contributed by atoms with Gasteiger partial charge in [-0.05, 0) is 75.5 Å². The van der Waals surface area contributed by atoms with Gasteiger partial charge in [-0.2, -0.15) is 8.42 Å². The van der Waals surface area contributed by atoms with Gasteiger partial charge in [-0.3, -0.25) is 4.18 Å². The van der Waals surface area contributed by atoms with E-state index in [9.17, 15) is 16.6 Å². The third-order valence-corrected chi connectivity index (χ3v) is 14.6. The molecule has 0 fully saturated rings. The van der Waals surface area contributed by atoms with E-state index < -0.39 is 42.1 Å². The van der Waals surface area contributed by atoms with Gasteiger partial charge in [0.25, 0.3) is 10.1 Å². The topological polar surface area (TPSA) is 124 Å². The summed E-state index contributed by atoms with van der Waals surface area (Å²) in [6.45, 7) is 16.0. The Labute approximate surface area is 317 Å². The Bertz CT molecular complexity index is 1320. The number of unbranched alkanes of at least 4 members (excludes halogenated alkanes) is 2. The van der Waals surface area contributed by atoms with Crippen LogP contribution in [-0.4, -0.2) is 93.4 Å². The van der Waals surface area contributed by atoms with Gasteiger partial charge in [0, 0.05) is 0 Å². The van der Waals surface area contributed by atoms with Crippen molar-refractivity contribution in [2.24, 2.45) is 0 Å². The molecule has 0 aromatic heterocycles. The summed E-state index contributed by atoms with van der Waals surface area (Å²) in [6, 6.07) is 26.1. The zero-order valence-electron chi connectivity index (χ0n) is 32.2. The second-order valence-corrected chi connectivity index (χ2v) is 20.0. The van der Waals surface area contributed by atoms with Gasteiger partial charge in [-0.15, -0.1) is 0 Å². The van der Waals surface area contributed by atoms with Gasteiger partial charge in [0.1, 0.15) is 0 Å². The standard InChI is InChI=1S/C17H20O4S.C10H14O2.C6H15N.2C4H9.O.Sn/c1-14-7-11-17(12-8-14)22(19,20)21-13-16(18)10-9-15-5-3-2-4-6-15;11-8-10(12)7-6-9-4-2-1-3-5-9;1-4-7(5-2)6-3;2*1-3-4-2;;/h2-8,11-12,16,18H,9-10,13H2,1H3;1-5,10-12H,6-8H2;4-6H2,1-3H3;2*1,3-4H2,2H3;;/t16-;10-;;;;;/m00...../s1. The van der Waals surface area contributed by atoms with E-state index in [1.54, 1.807) is 12.1 Å². The molecule has 10 heteroatoms. The van der Waals surface area contributed by atoms with Crippen molar-refractivity contribution >= 4 is 29.9 Å². The van der Waals surface area contributed by atoms with E-state index in [0.717, 1.165) is 26.4 Å². The van der Waals surface area contributed by atoms with E-state index >= 15 is 0 Å². The normalized spacial score (nSPS) is 12.0. The molecule has 0 saturated carbocycles.